The highest BCUT2D eigenvalue weighted by Crippen LogP contribution is 2.37. The fourth-order valence-corrected chi connectivity index (χ4v) is 4.41. The highest BCUT2D eigenvalue weighted by Gasteiger charge is 2.39. The van der Waals surface area contributed by atoms with Crippen molar-refractivity contribution in [2.75, 3.05) is 0 Å². The van der Waals surface area contributed by atoms with E-state index < -0.39 is 47.1 Å². The maximum Gasteiger partial charge on any atom is 0.433 e. The molecule has 1 fully saturated rings. The van der Waals surface area contributed by atoms with Gasteiger partial charge < -0.3 is 4.57 Å². The van der Waals surface area contributed by atoms with Crippen LogP contribution in [0.1, 0.15) is 60.5 Å². The van der Waals surface area contributed by atoms with Gasteiger partial charge in [-0.2, -0.15) is 31.4 Å². The lowest BCUT2D eigenvalue weighted by molar-refractivity contribution is -0.142. The first-order chi connectivity index (χ1) is 16.0. The Morgan fingerprint density at radius 3 is 2.38 bits per heavy atom. The Labute approximate surface area is 190 Å². The molecule has 3 heterocycles. The molecule has 1 aliphatic rings. The van der Waals surface area contributed by atoms with Crippen LogP contribution in [-0.2, 0) is 25.9 Å². The van der Waals surface area contributed by atoms with Crippen molar-refractivity contribution in [1.82, 2.24) is 24.3 Å². The van der Waals surface area contributed by atoms with E-state index in [0.29, 0.717) is 12.8 Å². The predicted molar refractivity (Wildman–Crippen MR) is 110 cm³/mol. The van der Waals surface area contributed by atoms with E-state index in [9.17, 15) is 31.1 Å². The Kier molecular flexibility index (Phi) is 6.26. The molecule has 0 radical (unpaired) electrons. The monoisotopic (exact) mass is 485 g/mol. The van der Waals surface area contributed by atoms with E-state index in [2.05, 4.69) is 15.1 Å². The van der Waals surface area contributed by atoms with Crippen LogP contribution in [0.15, 0.2) is 35.5 Å². The molecular formula is C22H21F6N5O. The molecular weight excluding hydrogens is 464 g/mol. The van der Waals surface area contributed by atoms with Crippen LogP contribution in [0, 0.1) is 0 Å². The summed E-state index contributed by atoms with van der Waals surface area (Å²) in [6, 6.07) is 3.26. The zero-order chi connectivity index (χ0) is 24.7. The second kappa shape index (κ2) is 8.88. The van der Waals surface area contributed by atoms with Gasteiger partial charge in [0.1, 0.15) is 11.4 Å². The number of imidazole rings is 1. The average molecular weight is 485 g/mol. The first-order valence-corrected chi connectivity index (χ1v) is 10.7. The SMILES string of the molecule is Cn1cnc(-c2cc(C3CCCCC3)c(=O)n(Cc3ncccc3C(F)(F)F)n2)c1C(F)(F)F. The molecule has 3 aromatic heterocycles. The molecule has 182 valence electrons. The summed E-state index contributed by atoms with van der Waals surface area (Å²) in [6.45, 7) is -0.643. The van der Waals surface area contributed by atoms with Crippen molar-refractivity contribution in [2.24, 2.45) is 7.05 Å². The van der Waals surface area contributed by atoms with Crippen LogP contribution in [0.4, 0.5) is 26.3 Å². The minimum absolute atomic E-state index is 0.224. The van der Waals surface area contributed by atoms with Gasteiger partial charge in [-0.15, -0.1) is 0 Å². The summed E-state index contributed by atoms with van der Waals surface area (Å²) in [5.41, 5.74) is -3.67. The van der Waals surface area contributed by atoms with Crippen molar-refractivity contribution in [3.05, 3.63) is 63.6 Å². The van der Waals surface area contributed by atoms with Gasteiger partial charge in [0.05, 0.1) is 24.1 Å². The topological polar surface area (TPSA) is 65.6 Å². The van der Waals surface area contributed by atoms with Crippen molar-refractivity contribution in [3.63, 3.8) is 0 Å². The number of aryl methyl sites for hydroxylation is 1. The molecule has 1 saturated carbocycles. The summed E-state index contributed by atoms with van der Waals surface area (Å²) in [4.78, 5) is 20.9. The summed E-state index contributed by atoms with van der Waals surface area (Å²) >= 11 is 0. The largest absolute Gasteiger partial charge is 0.433 e. The number of nitrogens with zero attached hydrogens (tertiary/aromatic N) is 5. The smallest absolute Gasteiger partial charge is 0.330 e. The fraction of sp³-hybridized carbons (Fsp3) is 0.455. The molecule has 34 heavy (non-hydrogen) atoms. The highest BCUT2D eigenvalue weighted by atomic mass is 19.4. The number of hydrogen-bond acceptors (Lipinski definition) is 4. The molecule has 0 saturated heterocycles. The van der Waals surface area contributed by atoms with E-state index in [-0.39, 0.29) is 17.2 Å². The molecule has 0 aliphatic heterocycles. The number of rotatable bonds is 4. The molecule has 0 bridgehead atoms. The van der Waals surface area contributed by atoms with E-state index in [1.807, 2.05) is 0 Å². The van der Waals surface area contributed by atoms with Gasteiger partial charge in [0.2, 0.25) is 0 Å². The second-order valence-electron chi connectivity index (χ2n) is 8.33. The van der Waals surface area contributed by atoms with Gasteiger partial charge in [-0.3, -0.25) is 9.78 Å². The van der Waals surface area contributed by atoms with Crippen molar-refractivity contribution in [3.8, 4) is 11.4 Å². The maximum atomic E-state index is 13.7. The van der Waals surface area contributed by atoms with Crippen LogP contribution in [0.3, 0.4) is 0 Å². The number of hydrogen-bond donors (Lipinski definition) is 0. The van der Waals surface area contributed by atoms with Gasteiger partial charge in [0.25, 0.3) is 5.56 Å². The fourth-order valence-electron chi connectivity index (χ4n) is 4.41. The summed E-state index contributed by atoms with van der Waals surface area (Å²) in [5.74, 6) is -0.224. The van der Waals surface area contributed by atoms with Gasteiger partial charge in [0, 0.05) is 18.8 Å². The zero-order valence-electron chi connectivity index (χ0n) is 18.1. The Morgan fingerprint density at radius 2 is 1.74 bits per heavy atom. The average Bonchev–Trinajstić information content (AvgIpc) is 3.17. The Bertz CT molecular complexity index is 1240. The van der Waals surface area contributed by atoms with Gasteiger partial charge >= 0.3 is 12.4 Å². The number of pyridine rings is 1. The molecule has 0 unspecified atom stereocenters. The minimum atomic E-state index is -4.75. The normalized spacial score (nSPS) is 15.6. The highest BCUT2D eigenvalue weighted by molar-refractivity contribution is 5.58. The summed E-state index contributed by atoms with van der Waals surface area (Å²) < 4.78 is 83.1. The first kappa shape index (κ1) is 24.0. The standard InChI is InChI=1S/C22H21F6N5O/c1-32-12-30-18(19(32)22(26,27)28)16-10-14(13-6-3-2-4-7-13)20(34)33(31-16)11-17-15(21(23,24)25)8-5-9-29-17/h5,8-10,12-13H,2-4,6-7,11H2,1H3. The molecule has 1 aliphatic carbocycles. The van der Waals surface area contributed by atoms with Gasteiger partial charge in [-0.05, 0) is 37.0 Å². The molecule has 6 nitrogen and oxygen atoms in total. The van der Waals surface area contributed by atoms with E-state index in [1.165, 1.54) is 13.1 Å². The van der Waals surface area contributed by atoms with Gasteiger partial charge in [-0.25, -0.2) is 9.67 Å². The van der Waals surface area contributed by atoms with Crippen molar-refractivity contribution in [1.29, 1.82) is 0 Å². The summed E-state index contributed by atoms with van der Waals surface area (Å²) in [7, 11) is 1.18. The predicted octanol–water partition coefficient (Wildman–Crippen LogP) is 5.17. The molecule has 0 spiro atoms. The molecule has 0 aromatic carbocycles. The van der Waals surface area contributed by atoms with Crippen molar-refractivity contribution >= 4 is 0 Å². The molecule has 3 aromatic rings. The van der Waals surface area contributed by atoms with Gasteiger partial charge in [0.15, 0.2) is 5.69 Å². The number of alkyl halides is 6. The van der Waals surface area contributed by atoms with Crippen LogP contribution in [-0.4, -0.2) is 24.3 Å². The number of aromatic nitrogens is 5. The Balaban J connectivity index is 1.89. The van der Waals surface area contributed by atoms with E-state index in [4.69, 9.17) is 0 Å². The van der Waals surface area contributed by atoms with Crippen molar-refractivity contribution in [2.45, 2.75) is 56.9 Å². The van der Waals surface area contributed by atoms with Crippen molar-refractivity contribution < 1.29 is 26.3 Å². The van der Waals surface area contributed by atoms with Crippen LogP contribution in [0.25, 0.3) is 11.4 Å². The lowest BCUT2D eigenvalue weighted by atomic mass is 9.84. The lowest BCUT2D eigenvalue weighted by Gasteiger charge is -2.22. The molecule has 0 atom stereocenters. The number of halogens is 6. The minimum Gasteiger partial charge on any atom is -0.330 e. The summed E-state index contributed by atoms with van der Waals surface area (Å²) in [5, 5.41) is 4.02. The molecule has 4 rings (SSSR count). The molecule has 0 amide bonds. The van der Waals surface area contributed by atoms with E-state index in [0.717, 1.165) is 53.2 Å². The third-order valence-corrected chi connectivity index (χ3v) is 5.99. The van der Waals surface area contributed by atoms with Crippen LogP contribution >= 0.6 is 0 Å². The van der Waals surface area contributed by atoms with Crippen LogP contribution in [0.2, 0.25) is 0 Å². The Morgan fingerprint density at radius 1 is 1.03 bits per heavy atom. The third-order valence-electron chi connectivity index (χ3n) is 5.99. The van der Waals surface area contributed by atoms with E-state index in [1.54, 1.807) is 0 Å². The van der Waals surface area contributed by atoms with Gasteiger partial charge in [-0.1, -0.05) is 19.3 Å². The third kappa shape index (κ3) is 4.71. The van der Waals surface area contributed by atoms with Crippen LogP contribution in [0.5, 0.6) is 0 Å². The van der Waals surface area contributed by atoms with Crippen LogP contribution < -0.4 is 5.56 Å². The second-order valence-corrected chi connectivity index (χ2v) is 8.33. The maximum absolute atomic E-state index is 13.7. The molecule has 12 heteroatoms. The lowest BCUT2D eigenvalue weighted by Crippen LogP contribution is -2.30. The first-order valence-electron chi connectivity index (χ1n) is 10.7. The quantitative estimate of drug-likeness (QED) is 0.478. The van der Waals surface area contributed by atoms with E-state index >= 15 is 0 Å². The zero-order valence-corrected chi connectivity index (χ0v) is 18.1. The summed E-state index contributed by atoms with van der Waals surface area (Å²) in [6.07, 6.45) is -3.35. The molecule has 0 N–H and O–H groups in total. The Hall–Kier alpha value is -3.18.